The fourth-order valence-corrected chi connectivity index (χ4v) is 3.50. The van der Waals surface area contributed by atoms with Gasteiger partial charge in [0.15, 0.2) is 5.89 Å². The van der Waals surface area contributed by atoms with Gasteiger partial charge in [-0.3, -0.25) is 4.79 Å². The lowest BCUT2D eigenvalue weighted by atomic mass is 9.97. The number of rotatable bonds is 3. The number of carbonyl (C=O) groups is 1. The largest absolute Gasteiger partial charge is 0.435 e. The molecule has 0 saturated carbocycles. The van der Waals surface area contributed by atoms with Gasteiger partial charge < -0.3 is 14.3 Å². The second-order valence-corrected chi connectivity index (χ2v) is 6.61. The van der Waals surface area contributed by atoms with Gasteiger partial charge >= 0.3 is 0 Å². The summed E-state index contributed by atoms with van der Waals surface area (Å²) in [5.41, 5.74) is 2.69. The van der Waals surface area contributed by atoms with Gasteiger partial charge in [-0.2, -0.15) is 0 Å². The number of aryl methyl sites for hydroxylation is 2. The number of H-pyrrole nitrogens is 1. The number of nitrogens with one attached hydrogen (secondary N) is 1. The summed E-state index contributed by atoms with van der Waals surface area (Å²) in [6.07, 6.45) is 2.68. The van der Waals surface area contributed by atoms with Gasteiger partial charge in [0, 0.05) is 25.4 Å². The first kappa shape index (κ1) is 15.9. The SMILES string of the molecule is CCc1nc(C)c(C(=O)N2CCC[C@@H](c3nc4ccccc4[nH]3)C2)o1. The van der Waals surface area contributed by atoms with Gasteiger partial charge in [0.05, 0.1) is 16.7 Å². The summed E-state index contributed by atoms with van der Waals surface area (Å²) >= 11 is 0. The number of benzene rings is 1. The first-order chi connectivity index (χ1) is 12.2. The highest BCUT2D eigenvalue weighted by Gasteiger charge is 2.30. The van der Waals surface area contributed by atoms with Crippen molar-refractivity contribution in [2.24, 2.45) is 0 Å². The van der Waals surface area contributed by atoms with E-state index in [1.165, 1.54) is 0 Å². The molecule has 1 atom stereocenters. The zero-order valence-corrected chi connectivity index (χ0v) is 14.6. The van der Waals surface area contributed by atoms with Crippen LogP contribution in [0.1, 0.15) is 53.6 Å². The molecular weight excluding hydrogens is 316 g/mol. The molecule has 0 bridgehead atoms. The van der Waals surface area contributed by atoms with Gasteiger partial charge in [0.2, 0.25) is 5.76 Å². The minimum atomic E-state index is -0.0643. The maximum atomic E-state index is 12.9. The number of amides is 1. The monoisotopic (exact) mass is 338 g/mol. The summed E-state index contributed by atoms with van der Waals surface area (Å²) in [5, 5.41) is 0. The third-order valence-electron chi connectivity index (χ3n) is 4.84. The van der Waals surface area contributed by atoms with E-state index in [1.807, 2.05) is 43.0 Å². The van der Waals surface area contributed by atoms with Crippen molar-refractivity contribution in [3.8, 4) is 0 Å². The molecule has 130 valence electrons. The molecule has 6 nitrogen and oxygen atoms in total. The van der Waals surface area contributed by atoms with Crippen molar-refractivity contribution in [3.05, 3.63) is 47.4 Å². The number of hydrogen-bond donors (Lipinski definition) is 1. The molecule has 1 saturated heterocycles. The number of hydrogen-bond acceptors (Lipinski definition) is 4. The number of likely N-dealkylation sites (tertiary alicyclic amines) is 1. The van der Waals surface area contributed by atoms with Crippen LogP contribution in [-0.4, -0.2) is 38.8 Å². The molecule has 1 aliphatic heterocycles. The number of fused-ring (bicyclic) bond motifs is 1. The Morgan fingerprint density at radius 3 is 2.96 bits per heavy atom. The highest BCUT2D eigenvalue weighted by molar-refractivity contribution is 5.92. The standard InChI is InChI=1S/C19H22N4O2/c1-3-16-20-12(2)17(25-16)19(24)23-10-6-7-13(11-23)18-21-14-8-4-5-9-15(14)22-18/h4-5,8-9,13H,3,6-7,10-11H2,1-2H3,(H,21,22)/t13-/m1/s1. The van der Waals surface area contributed by atoms with Crippen molar-refractivity contribution >= 4 is 16.9 Å². The fraction of sp³-hybridized carbons (Fsp3) is 0.421. The minimum Gasteiger partial charge on any atom is -0.435 e. The van der Waals surface area contributed by atoms with Crippen LogP contribution in [-0.2, 0) is 6.42 Å². The molecule has 3 aromatic rings. The number of nitrogens with zero attached hydrogens (tertiary/aromatic N) is 3. The number of para-hydroxylation sites is 2. The number of piperidine rings is 1. The van der Waals surface area contributed by atoms with Crippen molar-refractivity contribution in [2.45, 2.75) is 39.0 Å². The Hall–Kier alpha value is -2.63. The lowest BCUT2D eigenvalue weighted by Gasteiger charge is -2.31. The van der Waals surface area contributed by atoms with E-state index in [-0.39, 0.29) is 11.8 Å². The van der Waals surface area contributed by atoms with Crippen molar-refractivity contribution < 1.29 is 9.21 Å². The van der Waals surface area contributed by atoms with E-state index in [9.17, 15) is 4.79 Å². The van der Waals surface area contributed by atoms with E-state index in [0.717, 1.165) is 36.2 Å². The maximum Gasteiger partial charge on any atom is 0.291 e. The third kappa shape index (κ3) is 2.92. The number of oxazole rings is 1. The van der Waals surface area contributed by atoms with Gasteiger partial charge in [0.1, 0.15) is 5.82 Å². The number of carbonyl (C=O) groups excluding carboxylic acids is 1. The topological polar surface area (TPSA) is 75.0 Å². The van der Waals surface area contributed by atoms with Crippen LogP contribution < -0.4 is 0 Å². The van der Waals surface area contributed by atoms with Crippen LogP contribution in [0.4, 0.5) is 0 Å². The summed E-state index contributed by atoms with van der Waals surface area (Å²) in [7, 11) is 0. The van der Waals surface area contributed by atoms with Crippen molar-refractivity contribution in [2.75, 3.05) is 13.1 Å². The second kappa shape index (κ2) is 6.35. The lowest BCUT2D eigenvalue weighted by molar-refractivity contribution is 0.0670. The molecule has 0 spiro atoms. The highest BCUT2D eigenvalue weighted by atomic mass is 16.4. The van der Waals surface area contributed by atoms with E-state index < -0.39 is 0 Å². The molecule has 0 aliphatic carbocycles. The molecular formula is C19H22N4O2. The average molecular weight is 338 g/mol. The molecule has 6 heteroatoms. The zero-order chi connectivity index (χ0) is 17.4. The first-order valence-electron chi connectivity index (χ1n) is 8.86. The molecule has 0 radical (unpaired) electrons. The van der Waals surface area contributed by atoms with Crippen LogP contribution in [0, 0.1) is 6.92 Å². The molecule has 3 heterocycles. The Bertz CT molecular complexity index is 878. The molecule has 1 aliphatic rings. The maximum absolute atomic E-state index is 12.9. The van der Waals surface area contributed by atoms with Crippen LogP contribution in [0.25, 0.3) is 11.0 Å². The quantitative estimate of drug-likeness (QED) is 0.794. The molecule has 1 N–H and O–H groups in total. The summed E-state index contributed by atoms with van der Waals surface area (Å²) in [5.74, 6) is 2.11. The number of imidazole rings is 1. The van der Waals surface area contributed by atoms with Crippen LogP contribution in [0.5, 0.6) is 0 Å². The van der Waals surface area contributed by atoms with Crippen LogP contribution >= 0.6 is 0 Å². The molecule has 1 amide bonds. The number of aromatic amines is 1. The first-order valence-corrected chi connectivity index (χ1v) is 8.86. The fourth-order valence-electron chi connectivity index (χ4n) is 3.50. The Morgan fingerprint density at radius 2 is 2.20 bits per heavy atom. The van der Waals surface area contributed by atoms with Crippen LogP contribution in [0.2, 0.25) is 0 Å². The van der Waals surface area contributed by atoms with Crippen molar-refractivity contribution in [1.29, 1.82) is 0 Å². The smallest absolute Gasteiger partial charge is 0.291 e. The van der Waals surface area contributed by atoms with Gasteiger partial charge in [-0.05, 0) is 31.9 Å². The van der Waals surface area contributed by atoms with Crippen molar-refractivity contribution in [1.82, 2.24) is 19.9 Å². The van der Waals surface area contributed by atoms with Crippen LogP contribution in [0.15, 0.2) is 28.7 Å². The van der Waals surface area contributed by atoms with E-state index in [2.05, 4.69) is 9.97 Å². The second-order valence-electron chi connectivity index (χ2n) is 6.61. The van der Waals surface area contributed by atoms with Gasteiger partial charge in [-0.1, -0.05) is 19.1 Å². The highest BCUT2D eigenvalue weighted by Crippen LogP contribution is 2.28. The van der Waals surface area contributed by atoms with Gasteiger partial charge in [0.25, 0.3) is 5.91 Å². The molecule has 4 rings (SSSR count). The molecule has 25 heavy (non-hydrogen) atoms. The van der Waals surface area contributed by atoms with E-state index >= 15 is 0 Å². The van der Waals surface area contributed by atoms with Gasteiger partial charge in [-0.25, -0.2) is 9.97 Å². The Kier molecular flexibility index (Phi) is 4.03. The van der Waals surface area contributed by atoms with Crippen LogP contribution in [0.3, 0.4) is 0 Å². The molecule has 1 fully saturated rings. The Morgan fingerprint density at radius 1 is 1.36 bits per heavy atom. The van der Waals surface area contributed by atoms with E-state index in [4.69, 9.17) is 9.40 Å². The van der Waals surface area contributed by atoms with E-state index in [0.29, 0.717) is 30.3 Å². The Labute approximate surface area is 146 Å². The minimum absolute atomic E-state index is 0.0643. The normalized spacial score (nSPS) is 18.0. The summed E-state index contributed by atoms with van der Waals surface area (Å²) in [6.45, 7) is 5.20. The Balaban J connectivity index is 1.55. The molecule has 1 aromatic carbocycles. The molecule has 2 aromatic heterocycles. The summed E-state index contributed by atoms with van der Waals surface area (Å²) < 4.78 is 5.64. The summed E-state index contributed by atoms with van der Waals surface area (Å²) in [6, 6.07) is 8.02. The molecule has 0 unspecified atom stereocenters. The van der Waals surface area contributed by atoms with Crippen molar-refractivity contribution in [3.63, 3.8) is 0 Å². The van der Waals surface area contributed by atoms with Gasteiger partial charge in [-0.15, -0.1) is 0 Å². The summed E-state index contributed by atoms with van der Waals surface area (Å²) in [4.78, 5) is 27.2. The number of aromatic nitrogens is 3. The average Bonchev–Trinajstić information content (AvgIpc) is 3.24. The lowest BCUT2D eigenvalue weighted by Crippen LogP contribution is -2.39. The predicted molar refractivity (Wildman–Crippen MR) is 94.6 cm³/mol. The zero-order valence-electron chi connectivity index (χ0n) is 14.6. The predicted octanol–water partition coefficient (Wildman–Crippen LogP) is 3.44. The van der Waals surface area contributed by atoms with E-state index in [1.54, 1.807) is 0 Å². The third-order valence-corrected chi connectivity index (χ3v) is 4.84.